The molecule has 3 N–H and O–H groups in total. The van der Waals surface area contributed by atoms with Crippen LogP contribution in [0.15, 0.2) is 164 Å². The molecule has 604 valence electrons. The van der Waals surface area contributed by atoms with Gasteiger partial charge in [0.15, 0.2) is 27.3 Å². The van der Waals surface area contributed by atoms with E-state index < -0.39 is 9.84 Å². The molecule has 0 spiro atoms. The lowest BCUT2D eigenvalue weighted by Gasteiger charge is -2.43. The van der Waals surface area contributed by atoms with E-state index in [9.17, 15) is 33.8 Å². The number of nitrogens with zero attached hydrogens (tertiary/aromatic N) is 16. The number of carbonyl (C=O) groups is 2. The highest BCUT2D eigenvalue weighted by Crippen LogP contribution is 2.34. The fourth-order valence-electron chi connectivity index (χ4n) is 15.1. The highest BCUT2D eigenvalue weighted by atomic mass is 32.2. The maximum atomic E-state index is 11.8. The van der Waals surface area contributed by atoms with Crippen LogP contribution in [0.1, 0.15) is 49.3 Å². The maximum absolute atomic E-state index is 11.8. The van der Waals surface area contributed by atoms with Crippen molar-refractivity contribution in [2.75, 3.05) is 181 Å². The van der Waals surface area contributed by atoms with E-state index >= 15 is 0 Å². The number of nitriles is 3. The lowest BCUT2D eigenvalue weighted by molar-refractivity contribution is -0.128. The number of hydrogen-bond donors (Lipinski definition) is 3. The number of anilines is 9. The van der Waals surface area contributed by atoms with Crippen LogP contribution in [0.5, 0.6) is 17.2 Å². The summed E-state index contributed by atoms with van der Waals surface area (Å²) in [4.78, 5) is 66.0. The molecule has 2 amide bonds. The topological polar surface area (TPSA) is 340 Å². The van der Waals surface area contributed by atoms with Crippen LogP contribution in [0.4, 0.5) is 56.4 Å². The first-order chi connectivity index (χ1) is 57.1. The van der Waals surface area contributed by atoms with Crippen LogP contribution in [0, 0.1) is 34.0 Å². The molecule has 8 aliphatic rings. The van der Waals surface area contributed by atoms with Crippen molar-refractivity contribution in [3.63, 3.8) is 0 Å². The molecule has 8 aliphatic heterocycles. The number of ether oxygens (including phenoxy) is 7. The van der Waals surface area contributed by atoms with Crippen molar-refractivity contribution in [1.29, 1.82) is 15.8 Å². The van der Waals surface area contributed by atoms with Crippen LogP contribution >= 0.6 is 0 Å². The summed E-state index contributed by atoms with van der Waals surface area (Å²) in [6, 6.07) is 54.1. The summed E-state index contributed by atoms with van der Waals surface area (Å²) in [5.41, 5.74) is 9.57. The summed E-state index contributed by atoms with van der Waals surface area (Å²) in [6.45, 7) is 17.9. The SMILES string of the molecule is CC(=O)N1CCC(Oc2ccc(-c3nccc(Nc4ccc(N5CCN(C6COC6)CC5)cc4)n3)cc2C#N)C1.COC(=O)N1CCC(Oc2ccc(-c3nccc(Nc4ccc(N5CCN(C6COC6)CC5)cc4)n3)cc2C#N)C1.N#Cc1cc(-c2nccc(Nc3ccc(N4CCS(=O)(=O)CC4)cc3)n2)ccc1OC1CCOCC1. The molecule has 0 bridgehead atoms. The molecule has 17 rings (SSSR count). The number of piperazine rings is 2. The molecular formula is C86H93N19O11S. The van der Waals surface area contributed by atoms with E-state index in [4.69, 9.17) is 33.2 Å². The Balaban J connectivity index is 0.000000138. The quantitative estimate of drug-likeness (QED) is 0.0638. The number of aromatic nitrogens is 6. The zero-order valence-electron chi connectivity index (χ0n) is 65.4. The third-order valence-electron chi connectivity index (χ3n) is 22.0. The van der Waals surface area contributed by atoms with E-state index in [1.165, 1.54) is 18.5 Å². The van der Waals surface area contributed by atoms with Gasteiger partial charge in [0.2, 0.25) is 5.91 Å². The first kappa shape index (κ1) is 79.9. The molecule has 8 fully saturated rings. The summed E-state index contributed by atoms with van der Waals surface area (Å²) in [5.74, 6) is 5.43. The lowest BCUT2D eigenvalue weighted by Crippen LogP contribution is -2.56. The van der Waals surface area contributed by atoms with Gasteiger partial charge in [-0.2, -0.15) is 15.8 Å². The molecule has 30 nitrogen and oxygen atoms in total. The van der Waals surface area contributed by atoms with E-state index in [1.54, 1.807) is 77.8 Å². The van der Waals surface area contributed by atoms with Gasteiger partial charge in [-0.3, -0.25) is 14.6 Å². The van der Waals surface area contributed by atoms with Gasteiger partial charge < -0.3 is 73.6 Å². The molecule has 11 heterocycles. The van der Waals surface area contributed by atoms with Crippen LogP contribution in [0.3, 0.4) is 0 Å². The summed E-state index contributed by atoms with van der Waals surface area (Å²) >= 11 is 0. The Labute approximate surface area is 680 Å². The second kappa shape index (κ2) is 37.5. The molecule has 2 unspecified atom stereocenters. The van der Waals surface area contributed by atoms with Crippen LogP contribution in [0.25, 0.3) is 34.2 Å². The van der Waals surface area contributed by atoms with Gasteiger partial charge in [0.1, 0.15) is 71.2 Å². The van der Waals surface area contributed by atoms with E-state index in [0.29, 0.717) is 145 Å². The van der Waals surface area contributed by atoms with Gasteiger partial charge in [-0.1, -0.05) is 0 Å². The van der Waals surface area contributed by atoms with Crippen molar-refractivity contribution < 1.29 is 51.2 Å². The Bertz CT molecular complexity index is 5180. The normalized spacial score (nSPS) is 19.0. The van der Waals surface area contributed by atoms with Crippen LogP contribution in [-0.2, 0) is 33.6 Å². The summed E-state index contributed by atoms with van der Waals surface area (Å²) in [5, 5.41) is 39.2. The standard InChI is InChI=1S/C30H33N7O4.C30H33N7O3.C26H27N5O4S/c1-39-30(38)37-11-9-26(18-37)41-27-7-2-21(16-22(27)17-31)29-32-10-8-28(34-29)33-23-3-5-24(6-4-23)35-12-14-36(15-13-35)25-19-40-20-25;1-21(38)37-11-9-27(18-37)40-28-7-2-22(16-23(28)17-31)30-32-10-8-29(34-30)33-24-3-5-25(6-4-24)35-12-14-36(15-13-35)26-19-39-20-26;27-18-20-17-19(1-6-24(20)35-23-8-13-34-14-9-23)26-28-10-7-25(30-26)29-21-2-4-22(5-3-21)31-11-15-36(32,33)16-12-31/h2-8,10,16,25-26H,9,11-15,18-20H2,1H3,(H,32,33,34);2-8,10,16,26-27H,9,11-15,18-20H2,1H3,(H,32,33,34);1-7,10,17,23H,8-9,11-16H2,(H,28,29,30). The molecule has 0 radical (unpaired) electrons. The highest BCUT2D eigenvalue weighted by molar-refractivity contribution is 7.91. The first-order valence-electron chi connectivity index (χ1n) is 39.6. The van der Waals surface area contributed by atoms with Crippen molar-refractivity contribution in [3.05, 3.63) is 181 Å². The summed E-state index contributed by atoms with van der Waals surface area (Å²) in [7, 11) is -1.55. The Morgan fingerprint density at radius 2 is 0.795 bits per heavy atom. The molecule has 0 aliphatic carbocycles. The second-order valence-corrected chi connectivity index (χ2v) is 32.0. The Morgan fingerprint density at radius 3 is 1.14 bits per heavy atom. The molecular weight excluding hydrogens is 1510 g/mol. The fraction of sp³-hybridized carbons (Fsp3) is 0.384. The average Bonchev–Trinajstić information content (AvgIpc) is 1.47. The molecule has 0 saturated carbocycles. The monoisotopic (exact) mass is 1600 g/mol. The summed E-state index contributed by atoms with van der Waals surface area (Å²) in [6.07, 6.45) is 7.47. The van der Waals surface area contributed by atoms with Gasteiger partial charge in [0.05, 0.1) is 100 Å². The van der Waals surface area contributed by atoms with Crippen molar-refractivity contribution in [3.8, 4) is 69.6 Å². The Hall–Kier alpha value is -12.3. The minimum Gasteiger partial charge on any atom is -0.489 e. The van der Waals surface area contributed by atoms with Gasteiger partial charge in [-0.25, -0.2) is 43.1 Å². The smallest absolute Gasteiger partial charge is 0.409 e. The first-order valence-corrected chi connectivity index (χ1v) is 41.5. The third kappa shape index (κ3) is 20.5. The van der Waals surface area contributed by atoms with Crippen molar-refractivity contribution >= 4 is 73.4 Å². The number of likely N-dealkylation sites (tertiary alicyclic amines) is 2. The number of rotatable bonds is 20. The average molecular weight is 1600 g/mol. The zero-order chi connectivity index (χ0) is 80.6. The van der Waals surface area contributed by atoms with E-state index in [2.05, 4.69) is 137 Å². The summed E-state index contributed by atoms with van der Waals surface area (Å²) < 4.78 is 62.4. The number of hydrogen-bond acceptors (Lipinski definition) is 28. The molecule has 8 saturated heterocycles. The number of sulfone groups is 1. The van der Waals surface area contributed by atoms with Crippen LogP contribution in [0.2, 0.25) is 0 Å². The lowest BCUT2D eigenvalue weighted by atomic mass is 10.1. The van der Waals surface area contributed by atoms with Gasteiger partial charge in [-0.15, -0.1) is 0 Å². The molecule has 3 aromatic heterocycles. The minimum absolute atomic E-state index is 0.0392. The molecule has 31 heteroatoms. The van der Waals surface area contributed by atoms with Gasteiger partial charge >= 0.3 is 6.09 Å². The largest absolute Gasteiger partial charge is 0.489 e. The van der Waals surface area contributed by atoms with Crippen molar-refractivity contribution in [2.45, 2.75) is 63.0 Å². The number of carbonyl (C=O) groups excluding carboxylic acids is 2. The number of amides is 2. The van der Waals surface area contributed by atoms with Crippen LogP contribution in [-0.4, -0.2) is 250 Å². The van der Waals surface area contributed by atoms with E-state index in [0.717, 1.165) is 132 Å². The predicted octanol–water partition coefficient (Wildman–Crippen LogP) is 10.3. The highest BCUT2D eigenvalue weighted by Gasteiger charge is 2.33. The van der Waals surface area contributed by atoms with Gasteiger partial charge in [0, 0.05) is 181 Å². The van der Waals surface area contributed by atoms with E-state index in [1.807, 2.05) is 54.6 Å². The fourth-order valence-corrected chi connectivity index (χ4v) is 16.3. The van der Waals surface area contributed by atoms with Gasteiger partial charge in [-0.05, 0) is 146 Å². The third-order valence-corrected chi connectivity index (χ3v) is 23.6. The Morgan fingerprint density at radius 1 is 0.436 bits per heavy atom. The number of methoxy groups -OCH3 is 1. The maximum Gasteiger partial charge on any atom is 0.409 e. The zero-order valence-corrected chi connectivity index (χ0v) is 66.2. The van der Waals surface area contributed by atoms with Crippen molar-refractivity contribution in [2.24, 2.45) is 0 Å². The molecule has 117 heavy (non-hydrogen) atoms. The molecule has 9 aromatic rings. The van der Waals surface area contributed by atoms with Crippen LogP contribution < -0.4 is 44.9 Å². The minimum atomic E-state index is -2.91. The van der Waals surface area contributed by atoms with E-state index in [-0.39, 0.29) is 41.8 Å². The Kier molecular flexibility index (Phi) is 25.7. The molecule has 2 atom stereocenters. The molecule has 6 aromatic carbocycles. The van der Waals surface area contributed by atoms with Crippen molar-refractivity contribution in [1.82, 2.24) is 49.5 Å². The number of nitrogens with one attached hydrogen (secondary N) is 3. The number of benzene rings is 6. The van der Waals surface area contributed by atoms with Gasteiger partial charge in [0.25, 0.3) is 0 Å². The predicted molar refractivity (Wildman–Crippen MR) is 442 cm³/mol. The second-order valence-electron chi connectivity index (χ2n) is 29.7.